The molecule has 19 heavy (non-hydrogen) atoms. The minimum atomic E-state index is -1.57. The molecule has 0 saturated carbocycles. The molecule has 0 aliphatic carbocycles. The van der Waals surface area contributed by atoms with Crippen LogP contribution in [0.4, 0.5) is 0 Å². The number of hydrogen-bond donors (Lipinski definition) is 1. The fourth-order valence-electron chi connectivity index (χ4n) is 1.52. The van der Waals surface area contributed by atoms with Crippen molar-refractivity contribution in [1.29, 1.82) is 0 Å². The van der Waals surface area contributed by atoms with Gasteiger partial charge in [-0.25, -0.2) is 4.79 Å². The van der Waals surface area contributed by atoms with Crippen LogP contribution in [0.5, 0.6) is 0 Å². The number of methoxy groups -OCH3 is 3. The van der Waals surface area contributed by atoms with Crippen LogP contribution in [-0.2, 0) is 23.7 Å². The third-order valence-electron chi connectivity index (χ3n) is 3.07. The fraction of sp³-hybridized carbons (Fsp3) is 0.750. The standard InChI is InChI=1S/C12H24O6Si/c1-9(2)10(13)18-8-6-7-11(14,15-3)12(19,16-4)17-5/h14H,1,6-8H2,2-5,19H3. The lowest BCUT2D eigenvalue weighted by atomic mass is 10.1. The van der Waals surface area contributed by atoms with Gasteiger partial charge in [0.2, 0.25) is 5.79 Å². The Bertz CT molecular complexity index is 315. The minimum absolute atomic E-state index is 0.169. The summed E-state index contributed by atoms with van der Waals surface area (Å²) in [5.41, 5.74) is -0.826. The van der Waals surface area contributed by atoms with E-state index in [1.54, 1.807) is 6.92 Å². The third kappa shape index (κ3) is 4.70. The van der Waals surface area contributed by atoms with Crippen molar-refractivity contribution in [3.8, 4) is 0 Å². The summed E-state index contributed by atoms with van der Waals surface area (Å²) in [5.74, 6) is -2.02. The molecule has 0 radical (unpaired) electrons. The maximum Gasteiger partial charge on any atom is 0.333 e. The molecule has 0 aliphatic heterocycles. The van der Waals surface area contributed by atoms with Gasteiger partial charge in [0, 0.05) is 33.3 Å². The second-order valence-corrected chi connectivity index (χ2v) is 5.68. The third-order valence-corrected chi connectivity index (χ3v) is 4.67. The van der Waals surface area contributed by atoms with Crippen molar-refractivity contribution in [3.63, 3.8) is 0 Å². The van der Waals surface area contributed by atoms with Crippen LogP contribution in [0.1, 0.15) is 19.8 Å². The summed E-state index contributed by atoms with van der Waals surface area (Å²) in [6.07, 6.45) is 0.637. The molecular formula is C12H24O6Si. The lowest BCUT2D eigenvalue weighted by Gasteiger charge is -2.41. The molecule has 112 valence electrons. The Balaban J connectivity index is 4.41. The van der Waals surface area contributed by atoms with E-state index in [-0.39, 0.29) is 13.0 Å². The number of rotatable bonds is 9. The zero-order valence-corrected chi connectivity index (χ0v) is 14.3. The van der Waals surface area contributed by atoms with Gasteiger partial charge in [-0.2, -0.15) is 0 Å². The first-order chi connectivity index (χ1) is 8.76. The molecule has 0 saturated heterocycles. The second kappa shape index (κ2) is 7.76. The SMILES string of the molecule is C=C(C)C(=O)OCCCC(O)(OC)C([SiH3])(OC)OC. The van der Waals surface area contributed by atoms with E-state index in [0.717, 1.165) is 0 Å². The number of carbonyl (C=O) groups is 1. The van der Waals surface area contributed by atoms with Gasteiger partial charge in [-0.1, -0.05) is 6.58 Å². The highest BCUT2D eigenvalue weighted by Crippen LogP contribution is 2.29. The van der Waals surface area contributed by atoms with Crippen molar-refractivity contribution in [3.05, 3.63) is 12.2 Å². The average Bonchev–Trinajstić information content (AvgIpc) is 2.41. The van der Waals surface area contributed by atoms with Crippen LogP contribution in [0.2, 0.25) is 0 Å². The first-order valence-corrected chi connectivity index (χ1v) is 6.96. The summed E-state index contributed by atoms with van der Waals surface area (Å²) in [4.78, 5) is 11.2. The van der Waals surface area contributed by atoms with E-state index in [9.17, 15) is 9.90 Å². The van der Waals surface area contributed by atoms with E-state index in [4.69, 9.17) is 18.9 Å². The summed E-state index contributed by atoms with van der Waals surface area (Å²) in [7, 11) is 4.68. The van der Waals surface area contributed by atoms with Crippen molar-refractivity contribution >= 4 is 16.2 Å². The normalized spacial score (nSPS) is 15.0. The lowest BCUT2D eigenvalue weighted by Crippen LogP contribution is -2.58. The quantitative estimate of drug-likeness (QED) is 0.204. The number of ether oxygens (including phenoxy) is 4. The fourth-order valence-corrected chi connectivity index (χ4v) is 1.97. The topological polar surface area (TPSA) is 74.2 Å². The largest absolute Gasteiger partial charge is 0.462 e. The van der Waals surface area contributed by atoms with Crippen molar-refractivity contribution in [1.82, 2.24) is 0 Å². The van der Waals surface area contributed by atoms with Crippen LogP contribution < -0.4 is 0 Å². The Hall–Kier alpha value is -0.733. The molecule has 0 amide bonds. The highest BCUT2D eigenvalue weighted by Gasteiger charge is 2.48. The summed E-state index contributed by atoms with van der Waals surface area (Å²) in [6, 6.07) is 0. The Labute approximate surface area is 117 Å². The minimum Gasteiger partial charge on any atom is -0.462 e. The predicted molar refractivity (Wildman–Crippen MR) is 73.7 cm³/mol. The Morgan fingerprint density at radius 1 is 1.26 bits per heavy atom. The van der Waals surface area contributed by atoms with Gasteiger partial charge in [0.15, 0.2) is 5.41 Å². The van der Waals surface area contributed by atoms with E-state index < -0.39 is 17.2 Å². The van der Waals surface area contributed by atoms with Crippen molar-refractivity contribution < 1.29 is 28.8 Å². The van der Waals surface area contributed by atoms with Crippen LogP contribution in [0.25, 0.3) is 0 Å². The zero-order chi connectivity index (χ0) is 15.1. The number of aliphatic hydroxyl groups is 1. The molecule has 0 fully saturated rings. The van der Waals surface area contributed by atoms with Crippen molar-refractivity contribution in [2.24, 2.45) is 0 Å². The van der Waals surface area contributed by atoms with E-state index >= 15 is 0 Å². The van der Waals surface area contributed by atoms with Gasteiger partial charge in [-0.15, -0.1) is 0 Å². The van der Waals surface area contributed by atoms with Gasteiger partial charge >= 0.3 is 5.97 Å². The smallest absolute Gasteiger partial charge is 0.333 e. The molecule has 0 aromatic carbocycles. The van der Waals surface area contributed by atoms with Crippen LogP contribution in [0, 0.1) is 0 Å². The molecule has 1 unspecified atom stereocenters. The Morgan fingerprint density at radius 3 is 2.16 bits per heavy atom. The number of hydrogen-bond acceptors (Lipinski definition) is 6. The van der Waals surface area contributed by atoms with Gasteiger partial charge in [0.05, 0.1) is 16.8 Å². The zero-order valence-electron chi connectivity index (χ0n) is 12.3. The second-order valence-electron chi connectivity index (χ2n) is 4.36. The highest BCUT2D eigenvalue weighted by atomic mass is 28.1. The van der Waals surface area contributed by atoms with Crippen LogP contribution in [0.3, 0.4) is 0 Å². The molecule has 6 nitrogen and oxygen atoms in total. The van der Waals surface area contributed by atoms with E-state index in [1.165, 1.54) is 21.3 Å². The Kier molecular flexibility index (Phi) is 7.46. The van der Waals surface area contributed by atoms with Gasteiger partial charge in [-0.3, -0.25) is 0 Å². The number of carbonyl (C=O) groups excluding carboxylic acids is 1. The molecular weight excluding hydrogens is 268 g/mol. The van der Waals surface area contributed by atoms with Gasteiger partial charge in [-0.05, 0) is 13.3 Å². The molecule has 1 N–H and O–H groups in total. The molecule has 0 aromatic heterocycles. The molecule has 0 bridgehead atoms. The number of esters is 1. The average molecular weight is 292 g/mol. The first kappa shape index (κ1) is 18.3. The highest BCUT2D eigenvalue weighted by molar-refractivity contribution is 6.14. The van der Waals surface area contributed by atoms with Gasteiger partial charge in [0.25, 0.3) is 0 Å². The summed E-state index contributed by atoms with van der Waals surface area (Å²) in [6.45, 7) is 5.23. The molecule has 0 spiro atoms. The molecule has 7 heteroatoms. The monoisotopic (exact) mass is 292 g/mol. The Morgan fingerprint density at radius 2 is 1.79 bits per heavy atom. The molecule has 1 atom stereocenters. The first-order valence-electron chi connectivity index (χ1n) is 5.96. The lowest BCUT2D eigenvalue weighted by molar-refractivity contribution is -0.344. The van der Waals surface area contributed by atoms with Crippen LogP contribution in [0.15, 0.2) is 12.2 Å². The maximum atomic E-state index is 11.2. The predicted octanol–water partition coefficient (Wildman–Crippen LogP) is -0.467. The van der Waals surface area contributed by atoms with E-state index in [1.807, 2.05) is 0 Å². The van der Waals surface area contributed by atoms with Gasteiger partial charge < -0.3 is 24.1 Å². The molecule has 0 aliphatic rings. The molecule has 0 rings (SSSR count). The maximum absolute atomic E-state index is 11.2. The van der Waals surface area contributed by atoms with Crippen molar-refractivity contribution in [2.45, 2.75) is 31.0 Å². The van der Waals surface area contributed by atoms with Gasteiger partial charge in [0.1, 0.15) is 0 Å². The molecule has 0 aromatic rings. The summed E-state index contributed by atoms with van der Waals surface area (Å²) >= 11 is 0. The van der Waals surface area contributed by atoms with Crippen molar-refractivity contribution in [2.75, 3.05) is 27.9 Å². The van der Waals surface area contributed by atoms with E-state index in [2.05, 4.69) is 6.58 Å². The van der Waals surface area contributed by atoms with Crippen LogP contribution >= 0.6 is 0 Å². The molecule has 0 heterocycles. The summed E-state index contributed by atoms with van der Waals surface area (Å²) in [5, 5.41) is 10.4. The van der Waals surface area contributed by atoms with Crippen LogP contribution in [-0.4, -0.2) is 60.5 Å². The summed E-state index contributed by atoms with van der Waals surface area (Å²) < 4.78 is 20.5. The van der Waals surface area contributed by atoms with E-state index in [0.29, 0.717) is 22.2 Å².